The Labute approximate surface area is 475 Å². The first kappa shape index (κ1) is 52.5. The highest BCUT2D eigenvalue weighted by atomic mass is 15.0. The molecule has 2 aromatic heterocycles. The van der Waals surface area contributed by atoms with E-state index >= 15 is 0 Å². The minimum Gasteiger partial charge on any atom is -0.313 e. The Morgan fingerprint density at radius 2 is 0.500 bits per heavy atom. The monoisotopic (exact) mass is 1040 g/mol. The number of hydrogen-bond donors (Lipinski definition) is 0. The number of rotatable bonds is 7. The van der Waals surface area contributed by atoms with E-state index in [1.165, 1.54) is 144 Å². The number of nitrogens with zero attached hydrogens (tertiary/aromatic N) is 2. The van der Waals surface area contributed by atoms with Crippen molar-refractivity contribution in [2.75, 3.05) is 0 Å². The van der Waals surface area contributed by atoms with Crippen molar-refractivity contribution in [1.82, 2.24) is 9.13 Å². The third-order valence-corrected chi connectivity index (χ3v) is 17.2. The van der Waals surface area contributed by atoms with Crippen LogP contribution in [0, 0.1) is 13.8 Å². The maximum atomic E-state index is 2.46. The van der Waals surface area contributed by atoms with Crippen molar-refractivity contribution in [3.63, 3.8) is 0 Å². The predicted molar refractivity (Wildman–Crippen MR) is 347 cm³/mol. The normalized spacial score (nSPS) is 12.6. The van der Waals surface area contributed by atoms with Crippen molar-refractivity contribution < 1.29 is 0 Å². The maximum Gasteiger partial charge on any atom is 0.0538 e. The van der Waals surface area contributed by atoms with E-state index in [0.29, 0.717) is 0 Å². The van der Waals surface area contributed by atoms with Gasteiger partial charge in [0.15, 0.2) is 0 Å². The van der Waals surface area contributed by atoms with Crippen molar-refractivity contribution in [2.45, 2.75) is 119 Å². The van der Waals surface area contributed by atoms with Crippen LogP contribution in [0.25, 0.3) is 110 Å². The summed E-state index contributed by atoms with van der Waals surface area (Å²) in [6, 6.07) is 78.4. The third kappa shape index (κ3) is 9.57. The molecule has 2 nitrogen and oxygen atoms in total. The quantitative estimate of drug-likeness (QED) is 0.151. The van der Waals surface area contributed by atoms with Crippen molar-refractivity contribution in [2.24, 2.45) is 0 Å². The Balaban J connectivity index is 0.788. The summed E-state index contributed by atoms with van der Waals surface area (Å²) in [6.45, 7) is 32.1. The molecule has 2 heterocycles. The van der Waals surface area contributed by atoms with Crippen molar-refractivity contribution in [3.8, 4) is 67.0 Å². The first-order valence-electron chi connectivity index (χ1n) is 28.8. The molecule has 10 aromatic carbocycles. The number of benzene rings is 10. The summed E-state index contributed by atoms with van der Waals surface area (Å²) in [5.74, 6) is 0. The highest BCUT2D eigenvalue weighted by molar-refractivity contribution is 6.02. The van der Waals surface area contributed by atoms with Gasteiger partial charge in [0.25, 0.3) is 0 Å². The summed E-state index contributed by atoms with van der Waals surface area (Å²) in [6.07, 6.45) is 0. The predicted octanol–water partition coefficient (Wildman–Crippen LogP) is 22.0. The molecule has 0 amide bonds. The Bertz CT molecular complexity index is 4050. The first-order chi connectivity index (χ1) is 38.0. The van der Waals surface area contributed by atoms with Gasteiger partial charge < -0.3 is 9.13 Å². The summed E-state index contributed by atoms with van der Waals surface area (Å²) < 4.78 is 4.92. The zero-order valence-electron chi connectivity index (χ0n) is 49.5. The summed E-state index contributed by atoms with van der Waals surface area (Å²) in [4.78, 5) is 0. The summed E-state index contributed by atoms with van der Waals surface area (Å²) in [5.41, 5.74) is 25.4. The zero-order valence-corrected chi connectivity index (χ0v) is 49.5. The zero-order chi connectivity index (χ0) is 56.2. The largest absolute Gasteiger partial charge is 0.313 e. The van der Waals surface area contributed by atoms with Gasteiger partial charge in [-0.2, -0.15) is 0 Å². The van der Waals surface area contributed by atoms with E-state index in [4.69, 9.17) is 0 Å². The molecule has 12 aromatic rings. The molecule has 0 aliphatic heterocycles. The molecule has 0 saturated carbocycles. The summed E-state index contributed by atoms with van der Waals surface area (Å²) in [7, 11) is 0. The molecular weight excluding hydrogens is 965 g/mol. The molecule has 0 fully saturated rings. The second-order valence-corrected chi connectivity index (χ2v) is 26.9. The van der Waals surface area contributed by atoms with E-state index < -0.39 is 0 Å². The lowest BCUT2D eigenvalue weighted by Crippen LogP contribution is -2.10. The van der Waals surface area contributed by atoms with Crippen LogP contribution in [0.4, 0.5) is 0 Å². The fourth-order valence-electron chi connectivity index (χ4n) is 12.3. The van der Waals surface area contributed by atoms with Crippen LogP contribution in [0.5, 0.6) is 0 Å². The Kier molecular flexibility index (Phi) is 12.6. The Morgan fingerprint density at radius 3 is 0.825 bits per heavy atom. The van der Waals surface area contributed by atoms with Crippen LogP contribution in [0.2, 0.25) is 0 Å². The molecule has 0 aliphatic rings. The molecule has 0 aliphatic carbocycles. The van der Waals surface area contributed by atoms with Gasteiger partial charge in [-0.05, 0) is 184 Å². The van der Waals surface area contributed by atoms with E-state index in [1.54, 1.807) is 0 Å². The summed E-state index contributed by atoms with van der Waals surface area (Å²) >= 11 is 0. The van der Waals surface area contributed by atoms with Gasteiger partial charge >= 0.3 is 0 Å². The standard InChI is InChI=1S/C78H76N2/c1-49-73(55-27-33-63(34-28-55)75(3,4)5)69-47-65(77(9,10)11)37-41-71(69)79(49)67-39-31-59-43-57(23-25-61(59)45-67)53-19-15-51(16-20-53)52-17-21-54(22-18-52)58-24-26-62-46-68(40-32-60(62)44-58)80-50(2)74(56-29-35-64(36-30-56)76(6,7)8)70-48-66(78(12,13)14)38-42-72(70)80/h15-48H,1-14H3. The lowest BCUT2D eigenvalue weighted by atomic mass is 9.85. The fourth-order valence-corrected chi connectivity index (χ4v) is 12.3. The van der Waals surface area contributed by atoms with Gasteiger partial charge in [0.05, 0.1) is 11.0 Å². The van der Waals surface area contributed by atoms with Gasteiger partial charge in [-0.1, -0.05) is 229 Å². The van der Waals surface area contributed by atoms with Crippen LogP contribution in [0.15, 0.2) is 206 Å². The second kappa shape index (κ2) is 19.3. The van der Waals surface area contributed by atoms with Crippen LogP contribution >= 0.6 is 0 Å². The fraction of sp³-hybridized carbons (Fsp3) is 0.231. The van der Waals surface area contributed by atoms with Gasteiger partial charge in [-0.25, -0.2) is 0 Å². The molecular formula is C78H76N2. The van der Waals surface area contributed by atoms with E-state index in [0.717, 1.165) is 0 Å². The number of hydrogen-bond acceptors (Lipinski definition) is 0. The molecule has 0 atom stereocenters. The first-order valence-corrected chi connectivity index (χ1v) is 28.8. The second-order valence-electron chi connectivity index (χ2n) is 26.9. The molecule has 0 spiro atoms. The van der Waals surface area contributed by atoms with Crippen molar-refractivity contribution in [3.05, 3.63) is 240 Å². The molecule has 0 bridgehead atoms. The molecule has 0 unspecified atom stereocenters. The average molecular weight is 1040 g/mol. The molecule has 12 rings (SSSR count). The van der Waals surface area contributed by atoms with Crippen molar-refractivity contribution in [1.29, 1.82) is 0 Å². The lowest BCUT2D eigenvalue weighted by Gasteiger charge is -2.20. The van der Waals surface area contributed by atoms with E-state index in [9.17, 15) is 0 Å². The van der Waals surface area contributed by atoms with Crippen LogP contribution in [-0.2, 0) is 21.7 Å². The van der Waals surface area contributed by atoms with Gasteiger partial charge in [-0.3, -0.25) is 0 Å². The molecule has 398 valence electrons. The van der Waals surface area contributed by atoms with Crippen LogP contribution < -0.4 is 0 Å². The number of fused-ring (bicyclic) bond motifs is 4. The van der Waals surface area contributed by atoms with E-state index in [2.05, 4.69) is 312 Å². The van der Waals surface area contributed by atoms with E-state index in [-0.39, 0.29) is 21.7 Å². The third-order valence-electron chi connectivity index (χ3n) is 17.2. The van der Waals surface area contributed by atoms with Gasteiger partial charge in [0.1, 0.15) is 0 Å². The van der Waals surface area contributed by atoms with Gasteiger partial charge in [0.2, 0.25) is 0 Å². The smallest absolute Gasteiger partial charge is 0.0538 e. The van der Waals surface area contributed by atoms with Crippen LogP contribution in [0.3, 0.4) is 0 Å². The Morgan fingerprint density at radius 1 is 0.237 bits per heavy atom. The topological polar surface area (TPSA) is 9.86 Å². The maximum absolute atomic E-state index is 2.46. The average Bonchev–Trinajstić information content (AvgIpc) is 4.10. The minimum atomic E-state index is 0.0443. The molecule has 2 heteroatoms. The highest BCUT2D eigenvalue weighted by Gasteiger charge is 2.25. The number of aromatic nitrogens is 2. The Hall–Kier alpha value is -8.20. The van der Waals surface area contributed by atoms with Crippen LogP contribution in [-0.4, -0.2) is 9.13 Å². The molecule has 0 saturated heterocycles. The van der Waals surface area contributed by atoms with Gasteiger partial charge in [-0.15, -0.1) is 0 Å². The summed E-state index contributed by atoms with van der Waals surface area (Å²) in [5, 5.41) is 7.51. The van der Waals surface area contributed by atoms with Crippen LogP contribution in [0.1, 0.15) is 117 Å². The van der Waals surface area contributed by atoms with Crippen molar-refractivity contribution >= 4 is 43.4 Å². The lowest BCUT2D eigenvalue weighted by molar-refractivity contribution is 0.590. The molecule has 0 radical (unpaired) electrons. The SMILES string of the molecule is Cc1c(-c2ccc(C(C)(C)C)cc2)c2cc(C(C)(C)C)ccc2n1-c1ccc2cc(-c3ccc(-c4ccc(-c5ccc6cc(-n7c(C)c(-c8ccc(C(C)(C)C)cc8)c8cc(C(C)(C)C)ccc87)ccc6c5)cc4)cc3)ccc2c1. The molecule has 80 heavy (non-hydrogen) atoms. The minimum absolute atomic E-state index is 0.0443. The van der Waals surface area contributed by atoms with Gasteiger partial charge in [0, 0.05) is 44.7 Å². The highest BCUT2D eigenvalue weighted by Crippen LogP contribution is 2.43. The van der Waals surface area contributed by atoms with E-state index in [1.807, 2.05) is 0 Å². The molecule has 0 N–H and O–H groups in total.